The van der Waals surface area contributed by atoms with Gasteiger partial charge in [-0.1, -0.05) is 23.8 Å². The van der Waals surface area contributed by atoms with Crippen LogP contribution in [0.1, 0.15) is 32.3 Å². The molecule has 0 N–H and O–H groups in total. The zero-order valence-electron chi connectivity index (χ0n) is 14.9. The van der Waals surface area contributed by atoms with Crippen molar-refractivity contribution in [2.75, 3.05) is 39.8 Å². The average Bonchev–Trinajstić information content (AvgIpc) is 2.54. The number of halogens is 1. The van der Waals surface area contributed by atoms with Crippen LogP contribution in [0.5, 0.6) is 0 Å². The summed E-state index contributed by atoms with van der Waals surface area (Å²) >= 11 is 0. The van der Waals surface area contributed by atoms with E-state index in [0.29, 0.717) is 0 Å². The van der Waals surface area contributed by atoms with Crippen LogP contribution in [-0.2, 0) is 6.42 Å². The molecule has 1 aromatic rings. The van der Waals surface area contributed by atoms with Gasteiger partial charge in [-0.2, -0.15) is 0 Å². The largest absolute Gasteiger partial charge is 0.303 e. The lowest BCUT2D eigenvalue weighted by Crippen LogP contribution is -2.41. The first-order valence-corrected chi connectivity index (χ1v) is 8.84. The highest BCUT2D eigenvalue weighted by Gasteiger charge is 2.20. The van der Waals surface area contributed by atoms with E-state index >= 15 is 0 Å². The van der Waals surface area contributed by atoms with Crippen molar-refractivity contribution in [2.24, 2.45) is 5.92 Å². The zero-order chi connectivity index (χ0) is 16.7. The predicted molar refractivity (Wildman–Crippen MR) is 96.2 cm³/mol. The van der Waals surface area contributed by atoms with Gasteiger partial charge in [0.15, 0.2) is 0 Å². The molecule has 0 spiro atoms. The van der Waals surface area contributed by atoms with Gasteiger partial charge in [-0.3, -0.25) is 0 Å². The highest BCUT2D eigenvalue weighted by molar-refractivity contribution is 5.16. The molecule has 3 heteroatoms. The van der Waals surface area contributed by atoms with Crippen LogP contribution in [0.25, 0.3) is 0 Å². The second-order valence-corrected chi connectivity index (χ2v) is 7.02. The molecule has 0 aromatic heterocycles. The van der Waals surface area contributed by atoms with Crippen molar-refractivity contribution < 1.29 is 4.39 Å². The number of allylic oxidation sites excluding steroid dienone is 1. The van der Waals surface area contributed by atoms with Gasteiger partial charge in [-0.05, 0) is 70.3 Å². The summed E-state index contributed by atoms with van der Waals surface area (Å²) in [4.78, 5) is 5.03. The van der Waals surface area contributed by atoms with Crippen LogP contribution in [0, 0.1) is 11.7 Å². The van der Waals surface area contributed by atoms with E-state index < -0.39 is 0 Å². The lowest BCUT2D eigenvalue weighted by Gasteiger charge is -2.35. The normalized spacial score (nSPS) is 20.2. The van der Waals surface area contributed by atoms with E-state index in [1.807, 2.05) is 12.1 Å². The second kappa shape index (κ2) is 9.19. The van der Waals surface area contributed by atoms with E-state index in [1.165, 1.54) is 43.6 Å². The average molecular weight is 318 g/mol. The fourth-order valence-corrected chi connectivity index (χ4v) is 3.46. The minimum absolute atomic E-state index is 0.147. The monoisotopic (exact) mass is 318 g/mol. The molecule has 128 valence electrons. The Labute approximate surface area is 141 Å². The van der Waals surface area contributed by atoms with Gasteiger partial charge in [0.2, 0.25) is 0 Å². The van der Waals surface area contributed by atoms with Crippen molar-refractivity contribution in [1.29, 1.82) is 0 Å². The Bertz CT molecular complexity index is 495. The van der Waals surface area contributed by atoms with E-state index in [4.69, 9.17) is 0 Å². The Balaban J connectivity index is 1.75. The molecule has 2 nitrogen and oxygen atoms in total. The van der Waals surface area contributed by atoms with E-state index in [9.17, 15) is 4.39 Å². The number of hydrogen-bond acceptors (Lipinski definition) is 2. The predicted octanol–water partition coefficient (Wildman–Crippen LogP) is 3.98. The standard InChI is InChI=1S/C20H31FN2/c1-4-17(2)14-22(3)15-19-6-5-12-23(16-19)13-11-18-7-9-20(21)10-8-18/h4,7-10,19H,5-6,11-16H2,1-3H3. The van der Waals surface area contributed by atoms with Crippen LogP contribution in [0.3, 0.4) is 0 Å². The van der Waals surface area contributed by atoms with Crippen LogP contribution >= 0.6 is 0 Å². The molecule has 0 saturated carbocycles. The fourth-order valence-electron chi connectivity index (χ4n) is 3.46. The quantitative estimate of drug-likeness (QED) is 0.702. The molecule has 1 unspecified atom stereocenters. The smallest absolute Gasteiger partial charge is 0.123 e. The topological polar surface area (TPSA) is 6.48 Å². The van der Waals surface area contributed by atoms with Crippen molar-refractivity contribution in [2.45, 2.75) is 33.1 Å². The van der Waals surface area contributed by atoms with Gasteiger partial charge < -0.3 is 9.80 Å². The summed E-state index contributed by atoms with van der Waals surface area (Å²) in [6.45, 7) is 10.0. The highest BCUT2D eigenvalue weighted by atomic mass is 19.1. The van der Waals surface area contributed by atoms with Gasteiger partial charge in [-0.15, -0.1) is 0 Å². The van der Waals surface area contributed by atoms with Gasteiger partial charge in [-0.25, -0.2) is 4.39 Å². The van der Waals surface area contributed by atoms with E-state index in [-0.39, 0.29) is 5.82 Å². The molecular weight excluding hydrogens is 287 g/mol. The molecule has 1 heterocycles. The third-order valence-electron chi connectivity index (χ3n) is 4.82. The van der Waals surface area contributed by atoms with Crippen LogP contribution in [0.15, 0.2) is 35.9 Å². The summed E-state index contributed by atoms with van der Waals surface area (Å²) in [7, 11) is 2.23. The first kappa shape index (κ1) is 18.2. The Kier molecular flexibility index (Phi) is 7.25. The molecule has 0 aliphatic carbocycles. The summed E-state index contributed by atoms with van der Waals surface area (Å²) in [5.74, 6) is 0.623. The number of piperidine rings is 1. The Morgan fingerprint density at radius 3 is 2.78 bits per heavy atom. The molecule has 2 rings (SSSR count). The first-order chi connectivity index (χ1) is 11.1. The molecular formula is C20H31FN2. The van der Waals surface area contributed by atoms with Crippen molar-refractivity contribution in [3.05, 3.63) is 47.3 Å². The maximum Gasteiger partial charge on any atom is 0.123 e. The van der Waals surface area contributed by atoms with Crippen LogP contribution in [-0.4, -0.2) is 49.6 Å². The highest BCUT2D eigenvalue weighted by Crippen LogP contribution is 2.18. The summed E-state index contributed by atoms with van der Waals surface area (Å²) in [5, 5.41) is 0. The van der Waals surface area contributed by atoms with Gasteiger partial charge in [0.25, 0.3) is 0 Å². The minimum atomic E-state index is -0.147. The summed E-state index contributed by atoms with van der Waals surface area (Å²) in [6.07, 6.45) is 5.85. The molecule has 1 atom stereocenters. The minimum Gasteiger partial charge on any atom is -0.303 e. The van der Waals surface area contributed by atoms with Gasteiger partial charge in [0, 0.05) is 26.2 Å². The molecule has 0 amide bonds. The third kappa shape index (κ3) is 6.44. The number of hydrogen-bond donors (Lipinski definition) is 0. The van der Waals surface area contributed by atoms with E-state index in [0.717, 1.165) is 25.4 Å². The Morgan fingerprint density at radius 2 is 2.09 bits per heavy atom. The molecule has 1 aliphatic rings. The molecule has 0 bridgehead atoms. The molecule has 1 aromatic carbocycles. The van der Waals surface area contributed by atoms with Crippen LogP contribution in [0.2, 0.25) is 0 Å². The number of likely N-dealkylation sites (tertiary alicyclic amines) is 1. The Morgan fingerprint density at radius 1 is 1.35 bits per heavy atom. The molecule has 1 fully saturated rings. The van der Waals surface area contributed by atoms with Gasteiger partial charge in [0.1, 0.15) is 5.82 Å². The maximum absolute atomic E-state index is 13.0. The maximum atomic E-state index is 13.0. The SMILES string of the molecule is CC=C(C)CN(C)CC1CCCN(CCc2ccc(F)cc2)C1. The molecule has 0 radical (unpaired) electrons. The first-order valence-electron chi connectivity index (χ1n) is 8.84. The van der Waals surface area contributed by atoms with Crippen molar-refractivity contribution in [1.82, 2.24) is 9.80 Å². The number of likely N-dealkylation sites (N-methyl/N-ethyl adjacent to an activating group) is 1. The fraction of sp³-hybridized carbons (Fsp3) is 0.600. The van der Waals surface area contributed by atoms with Crippen molar-refractivity contribution in [3.63, 3.8) is 0 Å². The van der Waals surface area contributed by atoms with Crippen molar-refractivity contribution in [3.8, 4) is 0 Å². The lowest BCUT2D eigenvalue weighted by atomic mass is 9.97. The molecule has 23 heavy (non-hydrogen) atoms. The number of benzene rings is 1. The van der Waals surface area contributed by atoms with Crippen LogP contribution < -0.4 is 0 Å². The summed E-state index contributed by atoms with van der Waals surface area (Å²) in [6, 6.07) is 6.94. The molecule has 1 aliphatic heterocycles. The van der Waals surface area contributed by atoms with Gasteiger partial charge >= 0.3 is 0 Å². The van der Waals surface area contributed by atoms with E-state index in [1.54, 1.807) is 12.1 Å². The molecule has 1 saturated heterocycles. The third-order valence-corrected chi connectivity index (χ3v) is 4.82. The summed E-state index contributed by atoms with van der Waals surface area (Å²) in [5.41, 5.74) is 2.67. The second-order valence-electron chi connectivity index (χ2n) is 7.02. The number of nitrogens with zero attached hydrogens (tertiary/aromatic N) is 2. The van der Waals surface area contributed by atoms with E-state index in [2.05, 4.69) is 36.8 Å². The zero-order valence-corrected chi connectivity index (χ0v) is 14.9. The van der Waals surface area contributed by atoms with Crippen molar-refractivity contribution >= 4 is 0 Å². The van der Waals surface area contributed by atoms with Gasteiger partial charge in [0.05, 0.1) is 0 Å². The number of rotatable bonds is 7. The Hall–Kier alpha value is -1.19. The lowest BCUT2D eigenvalue weighted by molar-refractivity contribution is 0.148. The van der Waals surface area contributed by atoms with Crippen LogP contribution in [0.4, 0.5) is 4.39 Å². The summed E-state index contributed by atoms with van der Waals surface area (Å²) < 4.78 is 13.0.